The Hall–Kier alpha value is -4.14. The molecule has 0 aliphatic carbocycles. The lowest BCUT2D eigenvalue weighted by Crippen LogP contribution is -2.33. The van der Waals surface area contributed by atoms with Crippen molar-refractivity contribution in [3.63, 3.8) is 0 Å². The summed E-state index contributed by atoms with van der Waals surface area (Å²) in [6.07, 6.45) is 2.70. The Bertz CT molecular complexity index is 1390. The molecule has 0 atom stereocenters. The fourth-order valence-corrected chi connectivity index (χ4v) is 4.14. The summed E-state index contributed by atoms with van der Waals surface area (Å²) in [5, 5.41) is 14.4. The fourth-order valence-electron chi connectivity index (χ4n) is 4.14. The lowest BCUT2D eigenvalue weighted by atomic mass is 9.98. The summed E-state index contributed by atoms with van der Waals surface area (Å²) >= 11 is 0. The van der Waals surface area contributed by atoms with E-state index in [2.05, 4.69) is 27.5 Å². The van der Waals surface area contributed by atoms with Gasteiger partial charge < -0.3 is 4.90 Å². The Morgan fingerprint density at radius 2 is 1.78 bits per heavy atom. The van der Waals surface area contributed by atoms with Crippen LogP contribution in [0, 0.1) is 6.92 Å². The second kappa shape index (κ2) is 11.1. The summed E-state index contributed by atoms with van der Waals surface area (Å²) in [6, 6.07) is 16.0. The van der Waals surface area contributed by atoms with E-state index in [0.29, 0.717) is 30.0 Å². The number of H-pyrrole nitrogens is 1. The lowest BCUT2D eigenvalue weighted by Gasteiger charge is -2.17. The van der Waals surface area contributed by atoms with Crippen LogP contribution in [0.2, 0.25) is 0 Å². The van der Waals surface area contributed by atoms with Crippen molar-refractivity contribution < 1.29 is 4.79 Å². The average molecular weight is 486 g/mol. The first-order valence-corrected chi connectivity index (χ1v) is 12.1. The van der Waals surface area contributed by atoms with E-state index in [9.17, 15) is 9.59 Å². The van der Waals surface area contributed by atoms with Crippen molar-refractivity contribution in [2.75, 3.05) is 14.1 Å². The molecule has 2 aromatic carbocycles. The number of nitrogens with one attached hydrogen (secondary N) is 1. The molecule has 2 heterocycles. The van der Waals surface area contributed by atoms with E-state index < -0.39 is 0 Å². The van der Waals surface area contributed by atoms with Gasteiger partial charge in [0.1, 0.15) is 5.82 Å². The van der Waals surface area contributed by atoms with Crippen molar-refractivity contribution in [3.05, 3.63) is 81.5 Å². The van der Waals surface area contributed by atoms with Crippen LogP contribution in [0.3, 0.4) is 0 Å². The van der Waals surface area contributed by atoms with Crippen LogP contribution < -0.4 is 5.56 Å². The number of nitrogens with zero attached hydrogens (tertiary/aromatic N) is 6. The first kappa shape index (κ1) is 25.0. The number of hydrogen-bond acceptors (Lipinski definition) is 6. The van der Waals surface area contributed by atoms with Gasteiger partial charge in [-0.05, 0) is 35.2 Å². The summed E-state index contributed by atoms with van der Waals surface area (Å²) < 4.78 is 1.73. The van der Waals surface area contributed by atoms with Gasteiger partial charge in [-0.25, -0.2) is 4.98 Å². The molecule has 0 saturated carbocycles. The average Bonchev–Trinajstić information content (AvgIpc) is 3.42. The van der Waals surface area contributed by atoms with Crippen LogP contribution in [0.15, 0.2) is 53.3 Å². The topological polar surface area (TPSA) is 110 Å². The van der Waals surface area contributed by atoms with E-state index in [1.54, 1.807) is 18.7 Å². The lowest BCUT2D eigenvalue weighted by molar-refractivity contribution is -0.128. The molecule has 0 spiro atoms. The Kier molecular flexibility index (Phi) is 7.68. The van der Waals surface area contributed by atoms with Gasteiger partial charge in [0.15, 0.2) is 0 Å². The smallest absolute Gasteiger partial charge is 0.257 e. The summed E-state index contributed by atoms with van der Waals surface area (Å²) in [6.45, 7) is 4.32. The molecule has 36 heavy (non-hydrogen) atoms. The molecule has 9 nitrogen and oxygen atoms in total. The van der Waals surface area contributed by atoms with Gasteiger partial charge in [-0.15, -0.1) is 10.2 Å². The number of aromatic amines is 1. The molecule has 1 N–H and O–H groups in total. The highest BCUT2D eigenvalue weighted by Crippen LogP contribution is 2.29. The number of carbonyl (C=O) groups excluding carboxylic acids is 1. The Morgan fingerprint density at radius 1 is 1.06 bits per heavy atom. The Balaban J connectivity index is 1.67. The molecule has 0 bridgehead atoms. The standard InChI is InChI=1S/C27H31N7O2/c1-5-6-11-24-28-18(2)23(16-25(35)33(3)4)27(36)34(24)17-19-12-14-20(15-13-19)21-9-7-8-10-22(21)26-29-31-32-30-26/h7-10,12-15H,5-6,11,16-17H2,1-4H3,(H,29,30,31,32). The largest absolute Gasteiger partial charge is 0.349 e. The number of unbranched alkanes of at least 4 members (excludes halogenated alkanes) is 1. The molecule has 0 saturated heterocycles. The van der Waals surface area contributed by atoms with Crippen LogP contribution in [-0.2, 0) is 24.2 Å². The van der Waals surface area contributed by atoms with E-state index in [1.807, 2.05) is 55.5 Å². The number of hydrogen-bond donors (Lipinski definition) is 1. The van der Waals surface area contributed by atoms with E-state index in [0.717, 1.165) is 40.9 Å². The normalized spacial score (nSPS) is 11.0. The zero-order chi connectivity index (χ0) is 25.7. The number of carbonyl (C=O) groups is 1. The number of likely N-dealkylation sites (N-methyl/N-ethyl adjacent to an activating group) is 1. The van der Waals surface area contributed by atoms with Crippen LogP contribution >= 0.6 is 0 Å². The third kappa shape index (κ3) is 5.40. The predicted molar refractivity (Wildman–Crippen MR) is 138 cm³/mol. The van der Waals surface area contributed by atoms with Crippen molar-refractivity contribution in [1.29, 1.82) is 0 Å². The summed E-state index contributed by atoms with van der Waals surface area (Å²) in [7, 11) is 3.38. The molecule has 0 aliphatic heterocycles. The first-order chi connectivity index (χ1) is 17.4. The number of aryl methyl sites for hydroxylation is 2. The minimum Gasteiger partial charge on any atom is -0.349 e. The van der Waals surface area contributed by atoms with E-state index >= 15 is 0 Å². The van der Waals surface area contributed by atoms with E-state index in [4.69, 9.17) is 4.98 Å². The van der Waals surface area contributed by atoms with Crippen molar-refractivity contribution >= 4 is 5.91 Å². The van der Waals surface area contributed by atoms with E-state index in [-0.39, 0.29) is 17.9 Å². The van der Waals surface area contributed by atoms with Crippen LogP contribution in [0.5, 0.6) is 0 Å². The molecule has 2 aromatic heterocycles. The molecule has 0 aliphatic rings. The highest BCUT2D eigenvalue weighted by Gasteiger charge is 2.18. The number of aromatic nitrogens is 6. The molecule has 9 heteroatoms. The number of benzene rings is 2. The first-order valence-electron chi connectivity index (χ1n) is 12.1. The van der Waals surface area contributed by atoms with Crippen molar-refractivity contribution in [2.45, 2.75) is 46.1 Å². The summed E-state index contributed by atoms with van der Waals surface area (Å²) in [5.41, 5.74) is 4.81. The maximum absolute atomic E-state index is 13.5. The van der Waals surface area contributed by atoms with Gasteiger partial charge in [0.2, 0.25) is 11.7 Å². The molecule has 0 fully saturated rings. The quantitative estimate of drug-likeness (QED) is 0.389. The summed E-state index contributed by atoms with van der Waals surface area (Å²) in [5.74, 6) is 1.17. The van der Waals surface area contributed by atoms with Gasteiger partial charge in [0.05, 0.1) is 13.0 Å². The number of rotatable bonds is 9. The second-order valence-corrected chi connectivity index (χ2v) is 9.03. The zero-order valence-electron chi connectivity index (χ0n) is 21.2. The Morgan fingerprint density at radius 3 is 2.42 bits per heavy atom. The molecular formula is C27H31N7O2. The molecule has 4 rings (SSSR count). The van der Waals surface area contributed by atoms with Crippen LogP contribution in [0.1, 0.15) is 42.4 Å². The van der Waals surface area contributed by atoms with Gasteiger partial charge in [0.25, 0.3) is 5.56 Å². The summed E-state index contributed by atoms with van der Waals surface area (Å²) in [4.78, 5) is 32.1. The number of tetrazole rings is 1. The van der Waals surface area contributed by atoms with Gasteiger partial charge in [-0.3, -0.25) is 14.2 Å². The second-order valence-electron chi connectivity index (χ2n) is 9.03. The highest BCUT2D eigenvalue weighted by atomic mass is 16.2. The predicted octanol–water partition coefficient (Wildman–Crippen LogP) is 3.42. The molecule has 4 aromatic rings. The maximum atomic E-state index is 13.5. The highest BCUT2D eigenvalue weighted by molar-refractivity contribution is 5.80. The molecule has 0 radical (unpaired) electrons. The number of amides is 1. The SMILES string of the molecule is CCCCc1nc(C)c(CC(=O)N(C)C)c(=O)n1Cc1ccc(-c2ccccc2-c2nn[nH]n2)cc1. The van der Waals surface area contributed by atoms with Crippen LogP contribution in [0.25, 0.3) is 22.5 Å². The minimum absolute atomic E-state index is 0.0462. The zero-order valence-corrected chi connectivity index (χ0v) is 21.2. The van der Waals surface area contributed by atoms with Gasteiger partial charge in [-0.2, -0.15) is 5.21 Å². The fraction of sp³-hybridized carbons (Fsp3) is 0.333. The third-order valence-electron chi connectivity index (χ3n) is 6.25. The molecule has 0 unspecified atom stereocenters. The maximum Gasteiger partial charge on any atom is 0.257 e. The molecular weight excluding hydrogens is 454 g/mol. The van der Waals surface area contributed by atoms with Gasteiger partial charge in [-0.1, -0.05) is 61.9 Å². The van der Waals surface area contributed by atoms with Crippen molar-refractivity contribution in [1.82, 2.24) is 35.1 Å². The minimum atomic E-state index is -0.143. The molecule has 186 valence electrons. The van der Waals surface area contributed by atoms with Crippen LogP contribution in [-0.4, -0.2) is 55.1 Å². The van der Waals surface area contributed by atoms with Gasteiger partial charge in [0, 0.05) is 37.3 Å². The van der Waals surface area contributed by atoms with Crippen LogP contribution in [0.4, 0.5) is 0 Å². The monoisotopic (exact) mass is 485 g/mol. The van der Waals surface area contributed by atoms with Gasteiger partial charge >= 0.3 is 0 Å². The van der Waals surface area contributed by atoms with Crippen molar-refractivity contribution in [2.24, 2.45) is 0 Å². The third-order valence-corrected chi connectivity index (χ3v) is 6.25. The van der Waals surface area contributed by atoms with Crippen molar-refractivity contribution in [3.8, 4) is 22.5 Å². The van der Waals surface area contributed by atoms with E-state index in [1.165, 1.54) is 4.90 Å². The Labute approximate surface area is 210 Å². The molecule has 1 amide bonds.